The van der Waals surface area contributed by atoms with Crippen LogP contribution in [-0.4, -0.2) is 11.6 Å². The maximum absolute atomic E-state index is 13.1. The fraction of sp³-hybridized carbons (Fsp3) is 0.308. The van der Waals surface area contributed by atoms with E-state index in [1.807, 2.05) is 0 Å². The first-order chi connectivity index (χ1) is 8.19. The fourth-order valence-corrected chi connectivity index (χ4v) is 1.28. The Hall–Kier alpha value is -1.42. The number of ether oxygens (including phenoxy) is 1. The van der Waals surface area contributed by atoms with E-state index < -0.39 is 28.2 Å². The summed E-state index contributed by atoms with van der Waals surface area (Å²) in [5.74, 6) is -2.33. The number of hydrogen-bond acceptors (Lipinski definition) is 2. The van der Waals surface area contributed by atoms with Gasteiger partial charge < -0.3 is 4.74 Å². The third kappa shape index (κ3) is 4.45. The Kier molecular flexibility index (Phi) is 4.46. The molecule has 18 heavy (non-hydrogen) atoms. The molecule has 0 aliphatic heterocycles. The topological polar surface area (TPSA) is 26.3 Å². The Morgan fingerprint density at radius 1 is 1.28 bits per heavy atom. The number of carbonyl (C=O) groups excluding carboxylic acids is 1. The van der Waals surface area contributed by atoms with Gasteiger partial charge in [-0.05, 0) is 44.5 Å². The molecule has 98 valence electrons. The first-order valence-corrected chi connectivity index (χ1v) is 5.62. The van der Waals surface area contributed by atoms with E-state index in [0.29, 0.717) is 0 Å². The lowest BCUT2D eigenvalue weighted by molar-refractivity contribution is -0.148. The number of carbonyl (C=O) groups is 1. The Labute approximate surface area is 109 Å². The molecule has 0 aliphatic rings. The molecule has 0 amide bonds. The lowest BCUT2D eigenvalue weighted by Gasteiger charge is -2.17. The number of rotatable bonds is 2. The summed E-state index contributed by atoms with van der Waals surface area (Å²) in [6, 6.07) is 2.07. The smallest absolute Gasteiger partial charge is 0.331 e. The zero-order valence-corrected chi connectivity index (χ0v) is 11.0. The molecule has 0 aliphatic carbocycles. The Bertz CT molecular complexity index is 467. The predicted octanol–water partition coefficient (Wildman–Crippen LogP) is 3.97. The van der Waals surface area contributed by atoms with Gasteiger partial charge in [-0.2, -0.15) is 0 Å². The highest BCUT2D eigenvalue weighted by Gasteiger charge is 2.14. The van der Waals surface area contributed by atoms with Crippen molar-refractivity contribution in [3.8, 4) is 0 Å². The van der Waals surface area contributed by atoms with Crippen molar-refractivity contribution >= 4 is 23.6 Å². The molecule has 0 atom stereocenters. The van der Waals surface area contributed by atoms with Crippen LogP contribution in [0.3, 0.4) is 0 Å². The van der Waals surface area contributed by atoms with Gasteiger partial charge in [-0.15, -0.1) is 0 Å². The number of halogens is 3. The van der Waals surface area contributed by atoms with Gasteiger partial charge in [0.2, 0.25) is 0 Å². The second kappa shape index (κ2) is 5.48. The summed E-state index contributed by atoms with van der Waals surface area (Å²) in [6.45, 7) is 5.17. The molecule has 0 N–H and O–H groups in total. The standard InChI is InChI=1S/C13H13ClF2O2/c1-13(2,3)18-11(17)5-4-8-6-9(15)12(14)10(16)7-8/h4-7H,1-3H3/b5-4+. The van der Waals surface area contributed by atoms with Gasteiger partial charge in [-0.25, -0.2) is 13.6 Å². The van der Waals surface area contributed by atoms with Crippen molar-refractivity contribution in [2.45, 2.75) is 26.4 Å². The third-order valence-electron chi connectivity index (χ3n) is 1.82. The normalized spacial score (nSPS) is 11.9. The quantitative estimate of drug-likeness (QED) is 0.463. The van der Waals surface area contributed by atoms with Crippen LogP contribution in [0.25, 0.3) is 6.08 Å². The molecule has 0 heterocycles. The molecule has 1 aromatic rings. The highest BCUT2D eigenvalue weighted by atomic mass is 35.5. The second-order valence-electron chi connectivity index (χ2n) is 4.67. The molecule has 0 aromatic heterocycles. The maximum atomic E-state index is 13.1. The van der Waals surface area contributed by atoms with Crippen LogP contribution in [0.2, 0.25) is 5.02 Å². The summed E-state index contributed by atoms with van der Waals surface area (Å²) < 4.78 is 31.2. The van der Waals surface area contributed by atoms with Crippen molar-refractivity contribution in [3.63, 3.8) is 0 Å². The van der Waals surface area contributed by atoms with Gasteiger partial charge in [0, 0.05) is 6.08 Å². The van der Waals surface area contributed by atoms with Gasteiger partial charge in [-0.1, -0.05) is 11.6 Å². The summed E-state index contributed by atoms with van der Waals surface area (Å²) in [6.07, 6.45) is 2.37. The average Bonchev–Trinajstić information content (AvgIpc) is 2.20. The molecule has 5 heteroatoms. The molecule has 0 bridgehead atoms. The molecule has 0 radical (unpaired) electrons. The molecule has 0 fully saturated rings. The zero-order valence-electron chi connectivity index (χ0n) is 10.3. The first kappa shape index (κ1) is 14.6. The first-order valence-electron chi connectivity index (χ1n) is 5.24. The Morgan fingerprint density at radius 3 is 2.22 bits per heavy atom. The van der Waals surface area contributed by atoms with Gasteiger partial charge in [0.05, 0.1) is 0 Å². The van der Waals surface area contributed by atoms with E-state index in [2.05, 4.69) is 0 Å². The largest absolute Gasteiger partial charge is 0.457 e. The van der Waals surface area contributed by atoms with E-state index in [0.717, 1.165) is 18.2 Å². The predicted molar refractivity (Wildman–Crippen MR) is 66.2 cm³/mol. The maximum Gasteiger partial charge on any atom is 0.331 e. The van der Waals surface area contributed by atoms with Crippen molar-refractivity contribution in [2.75, 3.05) is 0 Å². The molecule has 0 saturated heterocycles. The minimum atomic E-state index is -0.875. The van der Waals surface area contributed by atoms with Crippen LogP contribution < -0.4 is 0 Å². The summed E-state index contributed by atoms with van der Waals surface area (Å²) in [5.41, 5.74) is -0.418. The van der Waals surface area contributed by atoms with E-state index in [1.54, 1.807) is 20.8 Å². The zero-order chi connectivity index (χ0) is 13.9. The number of benzene rings is 1. The molecule has 0 spiro atoms. The monoisotopic (exact) mass is 274 g/mol. The van der Waals surface area contributed by atoms with Crippen LogP contribution in [0, 0.1) is 11.6 Å². The molecular formula is C13H13ClF2O2. The van der Waals surface area contributed by atoms with E-state index in [9.17, 15) is 13.6 Å². The van der Waals surface area contributed by atoms with Gasteiger partial charge >= 0.3 is 5.97 Å². The van der Waals surface area contributed by atoms with E-state index in [1.165, 1.54) is 6.08 Å². The Balaban J connectivity index is 2.82. The summed E-state index contributed by atoms with van der Waals surface area (Å²) >= 11 is 5.33. The van der Waals surface area contributed by atoms with Crippen LogP contribution >= 0.6 is 11.6 Å². The van der Waals surface area contributed by atoms with E-state index >= 15 is 0 Å². The van der Waals surface area contributed by atoms with Crippen LogP contribution in [0.15, 0.2) is 18.2 Å². The van der Waals surface area contributed by atoms with Gasteiger partial charge in [0.1, 0.15) is 22.3 Å². The van der Waals surface area contributed by atoms with Gasteiger partial charge in [-0.3, -0.25) is 0 Å². The SMILES string of the molecule is CC(C)(C)OC(=O)/C=C/c1cc(F)c(Cl)c(F)c1. The Morgan fingerprint density at radius 2 is 1.78 bits per heavy atom. The van der Waals surface area contributed by atoms with Crippen molar-refractivity contribution in [3.05, 3.63) is 40.4 Å². The molecule has 1 rings (SSSR count). The van der Waals surface area contributed by atoms with Crippen LogP contribution in [0.4, 0.5) is 8.78 Å². The van der Waals surface area contributed by atoms with Crippen LogP contribution in [0.1, 0.15) is 26.3 Å². The molecule has 2 nitrogen and oxygen atoms in total. The minimum absolute atomic E-state index is 0.195. The van der Waals surface area contributed by atoms with Crippen molar-refractivity contribution < 1.29 is 18.3 Å². The van der Waals surface area contributed by atoms with Gasteiger partial charge in [0.25, 0.3) is 0 Å². The fourth-order valence-electron chi connectivity index (χ4n) is 1.17. The molecular weight excluding hydrogens is 262 g/mol. The summed E-state index contributed by atoms with van der Waals surface area (Å²) in [5, 5.41) is -0.565. The number of hydrogen-bond donors (Lipinski definition) is 0. The van der Waals surface area contributed by atoms with Crippen LogP contribution in [0.5, 0.6) is 0 Å². The lowest BCUT2D eigenvalue weighted by Crippen LogP contribution is -2.22. The number of esters is 1. The average molecular weight is 275 g/mol. The highest BCUT2D eigenvalue weighted by molar-refractivity contribution is 6.30. The van der Waals surface area contributed by atoms with E-state index in [-0.39, 0.29) is 5.56 Å². The summed E-state index contributed by atoms with van der Waals surface area (Å²) in [7, 11) is 0. The van der Waals surface area contributed by atoms with Crippen molar-refractivity contribution in [1.82, 2.24) is 0 Å². The lowest BCUT2D eigenvalue weighted by atomic mass is 10.2. The van der Waals surface area contributed by atoms with Crippen molar-refractivity contribution in [1.29, 1.82) is 0 Å². The van der Waals surface area contributed by atoms with Crippen LogP contribution in [-0.2, 0) is 9.53 Å². The van der Waals surface area contributed by atoms with Crippen molar-refractivity contribution in [2.24, 2.45) is 0 Å². The molecule has 1 aromatic carbocycles. The third-order valence-corrected chi connectivity index (χ3v) is 2.19. The van der Waals surface area contributed by atoms with E-state index in [4.69, 9.17) is 16.3 Å². The molecule has 0 saturated carbocycles. The summed E-state index contributed by atoms with van der Waals surface area (Å²) in [4.78, 5) is 11.3. The highest BCUT2D eigenvalue weighted by Crippen LogP contribution is 2.21. The minimum Gasteiger partial charge on any atom is -0.457 e. The second-order valence-corrected chi connectivity index (χ2v) is 5.04. The molecule has 0 unspecified atom stereocenters. The van der Waals surface area contributed by atoms with Gasteiger partial charge in [0.15, 0.2) is 0 Å².